The molecule has 2 aromatic carbocycles. The van der Waals surface area contributed by atoms with Crippen molar-refractivity contribution in [2.75, 3.05) is 20.3 Å². The van der Waals surface area contributed by atoms with Gasteiger partial charge in [-0.2, -0.15) is 0 Å². The van der Waals surface area contributed by atoms with Gasteiger partial charge in [-0.1, -0.05) is 39.0 Å². The first-order chi connectivity index (χ1) is 20.0. The number of aryl methyl sites for hydroxylation is 1. The summed E-state index contributed by atoms with van der Waals surface area (Å²) >= 11 is 0. The molecule has 9 heteroatoms. The molecule has 42 heavy (non-hydrogen) atoms. The van der Waals surface area contributed by atoms with E-state index in [-0.39, 0.29) is 19.0 Å². The Bertz CT molecular complexity index is 1250. The van der Waals surface area contributed by atoms with Crippen molar-refractivity contribution in [2.45, 2.75) is 85.0 Å². The lowest BCUT2D eigenvalue weighted by Gasteiger charge is -2.36. The van der Waals surface area contributed by atoms with Gasteiger partial charge < -0.3 is 24.2 Å². The van der Waals surface area contributed by atoms with Crippen LogP contribution in [0.15, 0.2) is 42.5 Å². The van der Waals surface area contributed by atoms with E-state index in [2.05, 4.69) is 0 Å². The van der Waals surface area contributed by atoms with E-state index < -0.39 is 35.2 Å². The van der Waals surface area contributed by atoms with E-state index in [1.807, 2.05) is 19.1 Å². The van der Waals surface area contributed by atoms with Crippen LogP contribution < -0.4 is 9.47 Å². The maximum atomic E-state index is 13.6. The molecule has 0 saturated carbocycles. The van der Waals surface area contributed by atoms with E-state index in [0.29, 0.717) is 55.7 Å². The van der Waals surface area contributed by atoms with Gasteiger partial charge in [0.05, 0.1) is 13.7 Å². The number of Topliss-reactive ketones (excluding diaryl/α,β-unsaturated/α-hetero) is 2. The third-order valence-electron chi connectivity index (χ3n) is 7.89. The number of piperidine rings is 1. The summed E-state index contributed by atoms with van der Waals surface area (Å²) in [5, 5.41) is 9.73. The second kappa shape index (κ2) is 15.0. The van der Waals surface area contributed by atoms with E-state index in [0.717, 1.165) is 17.5 Å². The van der Waals surface area contributed by atoms with Crippen LogP contribution in [0.25, 0.3) is 0 Å². The number of aliphatic hydroxyl groups excluding tert-OH is 1. The molecule has 0 spiro atoms. The van der Waals surface area contributed by atoms with Crippen molar-refractivity contribution in [3.63, 3.8) is 0 Å². The number of methoxy groups -OCH3 is 1. The Hall–Kier alpha value is -3.72. The number of rotatable bonds is 14. The molecule has 1 heterocycles. The minimum Gasteiger partial charge on any atom is -0.496 e. The van der Waals surface area contributed by atoms with Gasteiger partial charge in [0.1, 0.15) is 30.3 Å². The van der Waals surface area contributed by atoms with Crippen LogP contribution in [0.4, 0.5) is 0 Å². The number of ketones is 2. The van der Waals surface area contributed by atoms with Gasteiger partial charge >= 0.3 is 5.97 Å². The molecule has 1 amide bonds. The fourth-order valence-corrected chi connectivity index (χ4v) is 4.88. The van der Waals surface area contributed by atoms with E-state index in [4.69, 9.17) is 14.2 Å². The van der Waals surface area contributed by atoms with Crippen molar-refractivity contribution >= 4 is 23.4 Å². The Morgan fingerprint density at radius 2 is 1.79 bits per heavy atom. The Kier molecular flexibility index (Phi) is 11.7. The zero-order valence-electron chi connectivity index (χ0n) is 25.3. The predicted molar refractivity (Wildman–Crippen MR) is 157 cm³/mol. The van der Waals surface area contributed by atoms with Crippen LogP contribution in [0.1, 0.15) is 82.6 Å². The van der Waals surface area contributed by atoms with Gasteiger partial charge in [0.25, 0.3) is 5.91 Å². The van der Waals surface area contributed by atoms with Gasteiger partial charge in [0.2, 0.25) is 5.78 Å². The van der Waals surface area contributed by atoms with Crippen LogP contribution in [-0.4, -0.2) is 59.8 Å². The number of carbonyl (C=O) groups is 4. The van der Waals surface area contributed by atoms with Gasteiger partial charge in [-0.25, -0.2) is 4.79 Å². The Balaban J connectivity index is 1.84. The number of esters is 1. The van der Waals surface area contributed by atoms with Crippen molar-refractivity contribution in [2.24, 2.45) is 5.41 Å². The largest absolute Gasteiger partial charge is 0.496 e. The van der Waals surface area contributed by atoms with Crippen LogP contribution in [0.5, 0.6) is 11.5 Å². The first-order valence-corrected chi connectivity index (χ1v) is 14.6. The third kappa shape index (κ3) is 8.41. The Morgan fingerprint density at radius 3 is 2.40 bits per heavy atom. The fraction of sp³-hybridized carbons (Fsp3) is 0.515. The molecular formula is C33H43NO8. The minimum absolute atomic E-state index is 0.0402. The maximum absolute atomic E-state index is 13.6. The molecular weight excluding hydrogens is 538 g/mol. The normalized spacial score (nSPS) is 16.0. The smallest absolute Gasteiger partial charge is 0.329 e. The van der Waals surface area contributed by atoms with Crippen LogP contribution >= 0.6 is 0 Å². The quantitative estimate of drug-likeness (QED) is 0.251. The fourth-order valence-electron chi connectivity index (χ4n) is 4.88. The van der Waals surface area contributed by atoms with Gasteiger partial charge in [0.15, 0.2) is 5.78 Å². The summed E-state index contributed by atoms with van der Waals surface area (Å²) in [5.74, 6) is -0.669. The maximum Gasteiger partial charge on any atom is 0.329 e. The molecule has 0 bridgehead atoms. The summed E-state index contributed by atoms with van der Waals surface area (Å²) in [6, 6.07) is 11.7. The van der Waals surface area contributed by atoms with Crippen LogP contribution in [0.3, 0.4) is 0 Å². The highest BCUT2D eigenvalue weighted by molar-refractivity contribution is 6.38. The number of aliphatic hydroxyl groups is 1. The summed E-state index contributed by atoms with van der Waals surface area (Å²) in [7, 11) is 1.55. The molecule has 1 fully saturated rings. The molecule has 1 N–H and O–H groups in total. The van der Waals surface area contributed by atoms with E-state index >= 15 is 0 Å². The lowest BCUT2D eigenvalue weighted by Crippen LogP contribution is -2.53. The summed E-state index contributed by atoms with van der Waals surface area (Å²) in [4.78, 5) is 52.6. The topological polar surface area (TPSA) is 119 Å². The van der Waals surface area contributed by atoms with Crippen molar-refractivity contribution in [1.29, 1.82) is 0 Å². The molecule has 3 rings (SSSR count). The number of likely N-dealkylation sites (tertiary alicyclic amines) is 1. The number of benzene rings is 2. The van der Waals surface area contributed by atoms with Crippen molar-refractivity contribution in [1.82, 2.24) is 4.90 Å². The lowest BCUT2D eigenvalue weighted by molar-refractivity contribution is -0.164. The molecule has 2 aromatic rings. The highest BCUT2D eigenvalue weighted by atomic mass is 16.5. The lowest BCUT2D eigenvalue weighted by atomic mass is 9.84. The van der Waals surface area contributed by atoms with Crippen LogP contribution in [-0.2, 0) is 36.9 Å². The summed E-state index contributed by atoms with van der Waals surface area (Å²) in [6.07, 6.45) is 2.71. The number of hydrogen-bond acceptors (Lipinski definition) is 8. The minimum atomic E-state index is -0.842. The second-order valence-corrected chi connectivity index (χ2v) is 11.4. The number of carbonyl (C=O) groups excluding carboxylic acids is 4. The predicted octanol–water partition coefficient (Wildman–Crippen LogP) is 4.76. The molecule has 228 valence electrons. The molecule has 9 nitrogen and oxygen atoms in total. The molecule has 0 unspecified atom stereocenters. The standard InChI is InChI=1S/C33H43NO8/c1-6-33(3,4)30(37)31(38)34-18-8-7-9-27(34)32(39)42-29(24-12-14-26(15-13-24)41-21-22(2)36)17-11-23-10-16-28(40-5)25(19-23)20-35/h10,12-16,19,27,29,35H,6-9,11,17-18,20-21H2,1-5H3/t27-,29-/m1/s1. The van der Waals surface area contributed by atoms with Gasteiger partial charge in [-0.05, 0) is 80.8 Å². The zero-order chi connectivity index (χ0) is 30.9. The Morgan fingerprint density at radius 1 is 1.07 bits per heavy atom. The first kappa shape index (κ1) is 32.8. The van der Waals surface area contributed by atoms with Gasteiger partial charge in [0, 0.05) is 17.5 Å². The van der Waals surface area contributed by atoms with E-state index in [9.17, 15) is 24.3 Å². The molecule has 1 aliphatic rings. The monoisotopic (exact) mass is 581 g/mol. The van der Waals surface area contributed by atoms with Gasteiger partial charge in [-0.15, -0.1) is 0 Å². The number of nitrogens with zero attached hydrogens (tertiary/aromatic N) is 1. The molecule has 0 radical (unpaired) electrons. The third-order valence-corrected chi connectivity index (χ3v) is 7.89. The summed E-state index contributed by atoms with van der Waals surface area (Å²) in [5.41, 5.74) is 1.51. The average molecular weight is 582 g/mol. The van der Waals surface area contributed by atoms with Crippen molar-refractivity contribution in [3.05, 3.63) is 59.2 Å². The zero-order valence-corrected chi connectivity index (χ0v) is 25.3. The van der Waals surface area contributed by atoms with E-state index in [1.165, 1.54) is 11.8 Å². The van der Waals surface area contributed by atoms with Crippen LogP contribution in [0.2, 0.25) is 0 Å². The van der Waals surface area contributed by atoms with Crippen molar-refractivity contribution < 1.29 is 38.5 Å². The number of ether oxygens (including phenoxy) is 3. The summed E-state index contributed by atoms with van der Waals surface area (Å²) in [6.45, 7) is 6.91. The highest BCUT2D eigenvalue weighted by Gasteiger charge is 2.41. The Labute approximate surface area is 248 Å². The van der Waals surface area contributed by atoms with Crippen LogP contribution in [0, 0.1) is 5.41 Å². The second-order valence-electron chi connectivity index (χ2n) is 11.4. The van der Waals surface area contributed by atoms with Gasteiger partial charge in [-0.3, -0.25) is 14.4 Å². The van der Waals surface area contributed by atoms with Crippen molar-refractivity contribution in [3.8, 4) is 11.5 Å². The number of hydrogen-bond donors (Lipinski definition) is 1. The average Bonchev–Trinajstić information content (AvgIpc) is 3.01. The SMILES string of the molecule is CCC(C)(C)C(=O)C(=O)N1CCCC[C@@H]1C(=O)O[C@H](CCc1ccc(OC)c(CO)c1)c1ccc(OCC(C)=O)cc1. The molecule has 0 aliphatic carbocycles. The molecule has 1 aliphatic heterocycles. The first-order valence-electron chi connectivity index (χ1n) is 14.6. The molecule has 2 atom stereocenters. The molecule has 1 saturated heterocycles. The van der Waals surface area contributed by atoms with E-state index in [1.54, 1.807) is 51.3 Å². The molecule has 0 aromatic heterocycles. The summed E-state index contributed by atoms with van der Waals surface area (Å²) < 4.78 is 16.9. The number of amides is 1. The highest BCUT2D eigenvalue weighted by Crippen LogP contribution is 2.30.